The van der Waals surface area contributed by atoms with Gasteiger partial charge in [-0.05, 0) is 42.8 Å². The molecule has 0 aliphatic rings. The Kier molecular flexibility index (Phi) is 6.32. The van der Waals surface area contributed by atoms with E-state index in [9.17, 15) is 14.9 Å². The number of aryl methyl sites for hydroxylation is 1. The van der Waals surface area contributed by atoms with Crippen LogP contribution >= 0.6 is 0 Å². The number of nitrogens with zero attached hydrogens (tertiary/aromatic N) is 2. The van der Waals surface area contributed by atoms with E-state index in [1.54, 1.807) is 42.5 Å². The average Bonchev–Trinajstić information content (AvgIpc) is 2.74. The predicted molar refractivity (Wildman–Crippen MR) is 110 cm³/mol. The molecule has 3 aromatic rings. The molecular weight excluding hydrogens is 370 g/mol. The Morgan fingerprint density at radius 3 is 2.45 bits per heavy atom. The van der Waals surface area contributed by atoms with Gasteiger partial charge in [-0.1, -0.05) is 42.0 Å². The number of nitrogens with one attached hydrogen (secondary N) is 1. The highest BCUT2D eigenvalue weighted by molar-refractivity contribution is 5.95. The standard InChI is InChI=1S/C22H19N3O4/c1-16-6-8-17(9-7-16)15-29-20-12-10-18(11-13-20)22(26)24-23-14-19-4-2-3-5-21(19)25(27)28/h2-14H,15H2,1H3,(H,24,26)/b23-14+. The number of hydrogen-bond donors (Lipinski definition) is 1. The number of para-hydroxylation sites is 1. The smallest absolute Gasteiger partial charge is 0.278 e. The zero-order valence-corrected chi connectivity index (χ0v) is 15.7. The molecule has 0 saturated carbocycles. The van der Waals surface area contributed by atoms with Gasteiger partial charge in [0, 0.05) is 11.6 Å². The van der Waals surface area contributed by atoms with Gasteiger partial charge in [0.15, 0.2) is 0 Å². The number of nitro groups is 1. The molecule has 29 heavy (non-hydrogen) atoms. The third-order valence-corrected chi connectivity index (χ3v) is 4.15. The Morgan fingerprint density at radius 2 is 1.76 bits per heavy atom. The number of carbonyl (C=O) groups excluding carboxylic acids is 1. The summed E-state index contributed by atoms with van der Waals surface area (Å²) >= 11 is 0. The number of hydrazone groups is 1. The Bertz CT molecular complexity index is 1030. The molecule has 0 aliphatic carbocycles. The molecule has 0 bridgehead atoms. The van der Waals surface area contributed by atoms with Crippen LogP contribution in [0.25, 0.3) is 0 Å². The first-order valence-corrected chi connectivity index (χ1v) is 8.88. The number of benzene rings is 3. The first kappa shape index (κ1) is 19.8. The fourth-order valence-corrected chi connectivity index (χ4v) is 2.54. The minimum atomic E-state index is -0.501. The van der Waals surface area contributed by atoms with Gasteiger partial charge >= 0.3 is 0 Å². The molecule has 0 aromatic heterocycles. The number of amides is 1. The summed E-state index contributed by atoms with van der Waals surface area (Å²) in [6.45, 7) is 2.46. The largest absolute Gasteiger partial charge is 0.489 e. The van der Waals surface area contributed by atoms with Crippen molar-refractivity contribution in [2.24, 2.45) is 5.10 Å². The van der Waals surface area contributed by atoms with Gasteiger partial charge in [-0.15, -0.1) is 0 Å². The highest BCUT2D eigenvalue weighted by atomic mass is 16.6. The van der Waals surface area contributed by atoms with E-state index in [-0.39, 0.29) is 5.69 Å². The molecule has 0 saturated heterocycles. The van der Waals surface area contributed by atoms with Crippen LogP contribution in [-0.4, -0.2) is 17.0 Å². The van der Waals surface area contributed by atoms with E-state index >= 15 is 0 Å². The van der Waals surface area contributed by atoms with Crippen LogP contribution in [0.3, 0.4) is 0 Å². The zero-order chi connectivity index (χ0) is 20.6. The summed E-state index contributed by atoms with van der Waals surface area (Å²) in [5.41, 5.74) is 5.23. The van der Waals surface area contributed by atoms with Gasteiger partial charge in [0.05, 0.1) is 16.7 Å². The van der Waals surface area contributed by atoms with Crippen molar-refractivity contribution in [3.05, 3.63) is 105 Å². The molecule has 0 atom stereocenters. The average molecular weight is 389 g/mol. The second-order valence-corrected chi connectivity index (χ2v) is 6.31. The number of carbonyl (C=O) groups is 1. The van der Waals surface area contributed by atoms with Crippen molar-refractivity contribution in [1.29, 1.82) is 0 Å². The molecule has 0 spiro atoms. The van der Waals surface area contributed by atoms with Crippen LogP contribution in [0.5, 0.6) is 5.75 Å². The topological polar surface area (TPSA) is 93.8 Å². The molecule has 1 amide bonds. The first-order chi connectivity index (χ1) is 14.0. The minimum absolute atomic E-state index is 0.0828. The summed E-state index contributed by atoms with van der Waals surface area (Å²) in [5, 5.41) is 14.8. The maximum atomic E-state index is 12.2. The van der Waals surface area contributed by atoms with Gasteiger partial charge in [0.1, 0.15) is 12.4 Å². The maximum Gasteiger partial charge on any atom is 0.278 e. The summed E-state index contributed by atoms with van der Waals surface area (Å²) in [6.07, 6.45) is 1.25. The molecular formula is C22H19N3O4. The quantitative estimate of drug-likeness (QED) is 0.371. The van der Waals surface area contributed by atoms with Crippen molar-refractivity contribution in [1.82, 2.24) is 5.43 Å². The highest BCUT2D eigenvalue weighted by Crippen LogP contribution is 2.16. The Labute approximate surface area is 167 Å². The van der Waals surface area contributed by atoms with Gasteiger partial charge in [-0.2, -0.15) is 5.10 Å². The Balaban J connectivity index is 1.56. The normalized spacial score (nSPS) is 10.7. The van der Waals surface area contributed by atoms with Gasteiger partial charge in [-0.25, -0.2) is 5.43 Å². The zero-order valence-electron chi connectivity index (χ0n) is 15.7. The summed E-state index contributed by atoms with van der Waals surface area (Å²) in [5.74, 6) is 0.218. The van der Waals surface area contributed by atoms with E-state index in [2.05, 4.69) is 10.5 Å². The number of ether oxygens (including phenoxy) is 1. The van der Waals surface area contributed by atoms with Crippen LogP contribution in [0.1, 0.15) is 27.0 Å². The second kappa shape index (κ2) is 9.27. The van der Waals surface area contributed by atoms with E-state index < -0.39 is 10.8 Å². The van der Waals surface area contributed by atoms with Crippen LogP contribution in [0.4, 0.5) is 5.69 Å². The van der Waals surface area contributed by atoms with Crippen LogP contribution in [0, 0.1) is 17.0 Å². The molecule has 0 aliphatic heterocycles. The SMILES string of the molecule is Cc1ccc(COc2ccc(C(=O)N/N=C/c3ccccc3[N+](=O)[O-])cc2)cc1. The van der Waals surface area contributed by atoms with E-state index in [0.717, 1.165) is 5.56 Å². The molecule has 146 valence electrons. The van der Waals surface area contributed by atoms with Crippen molar-refractivity contribution < 1.29 is 14.5 Å². The van der Waals surface area contributed by atoms with E-state index in [0.29, 0.717) is 23.5 Å². The number of hydrogen-bond acceptors (Lipinski definition) is 5. The summed E-state index contributed by atoms with van der Waals surface area (Å²) in [4.78, 5) is 22.7. The van der Waals surface area contributed by atoms with Crippen LogP contribution in [0.2, 0.25) is 0 Å². The lowest BCUT2D eigenvalue weighted by atomic mass is 10.2. The predicted octanol–water partition coefficient (Wildman–Crippen LogP) is 4.25. The minimum Gasteiger partial charge on any atom is -0.489 e. The fraction of sp³-hybridized carbons (Fsp3) is 0.0909. The van der Waals surface area contributed by atoms with E-state index in [1.807, 2.05) is 31.2 Å². The molecule has 7 heteroatoms. The highest BCUT2D eigenvalue weighted by Gasteiger charge is 2.10. The molecule has 3 aromatic carbocycles. The molecule has 0 heterocycles. The summed E-state index contributed by atoms with van der Waals surface area (Å²) in [7, 11) is 0. The molecule has 0 radical (unpaired) electrons. The van der Waals surface area contributed by atoms with Gasteiger partial charge in [-0.3, -0.25) is 14.9 Å². The van der Waals surface area contributed by atoms with Gasteiger partial charge < -0.3 is 4.74 Å². The maximum absolute atomic E-state index is 12.2. The Hall–Kier alpha value is -4.00. The van der Waals surface area contributed by atoms with Crippen molar-refractivity contribution in [3.63, 3.8) is 0 Å². The van der Waals surface area contributed by atoms with Crippen LogP contribution in [-0.2, 0) is 6.61 Å². The molecule has 1 N–H and O–H groups in total. The lowest BCUT2D eigenvalue weighted by Crippen LogP contribution is -2.17. The van der Waals surface area contributed by atoms with Gasteiger partial charge in [0.2, 0.25) is 0 Å². The first-order valence-electron chi connectivity index (χ1n) is 8.88. The Morgan fingerprint density at radius 1 is 1.07 bits per heavy atom. The third kappa shape index (κ3) is 5.49. The molecule has 3 rings (SSSR count). The van der Waals surface area contributed by atoms with Crippen molar-refractivity contribution in [2.45, 2.75) is 13.5 Å². The van der Waals surface area contributed by atoms with Crippen molar-refractivity contribution in [2.75, 3.05) is 0 Å². The van der Waals surface area contributed by atoms with Crippen LogP contribution < -0.4 is 10.2 Å². The molecule has 7 nitrogen and oxygen atoms in total. The lowest BCUT2D eigenvalue weighted by Gasteiger charge is -2.07. The van der Waals surface area contributed by atoms with Crippen LogP contribution in [0.15, 0.2) is 77.9 Å². The third-order valence-electron chi connectivity index (χ3n) is 4.15. The monoisotopic (exact) mass is 389 g/mol. The number of nitro benzene ring substituents is 1. The summed E-state index contributed by atoms with van der Waals surface area (Å²) in [6, 6.07) is 20.9. The van der Waals surface area contributed by atoms with Crippen molar-refractivity contribution in [3.8, 4) is 5.75 Å². The van der Waals surface area contributed by atoms with E-state index in [4.69, 9.17) is 4.74 Å². The molecule has 0 fully saturated rings. The van der Waals surface area contributed by atoms with Crippen molar-refractivity contribution >= 4 is 17.8 Å². The fourth-order valence-electron chi connectivity index (χ4n) is 2.54. The van der Waals surface area contributed by atoms with E-state index in [1.165, 1.54) is 17.8 Å². The second-order valence-electron chi connectivity index (χ2n) is 6.31. The molecule has 0 unspecified atom stereocenters. The summed E-state index contributed by atoms with van der Waals surface area (Å²) < 4.78 is 5.72. The lowest BCUT2D eigenvalue weighted by molar-refractivity contribution is -0.385. The van der Waals surface area contributed by atoms with Gasteiger partial charge in [0.25, 0.3) is 11.6 Å². The number of rotatable bonds is 7.